The molecule has 54 heavy (non-hydrogen) atoms. The molecule has 8 rings (SSSR count). The molecular formula is C40H55ClFN7O5. The van der Waals surface area contributed by atoms with Crippen LogP contribution in [-0.4, -0.2) is 103 Å². The Morgan fingerprint density at radius 3 is 2.63 bits per heavy atom. The van der Waals surface area contributed by atoms with Gasteiger partial charge in [-0.05, 0) is 102 Å². The summed E-state index contributed by atoms with van der Waals surface area (Å²) in [5, 5.41) is 23.6. The fraction of sp³-hybridized carbons (Fsp3) is 0.675. The smallest absolute Gasteiger partial charge is 0.319 e. The number of nitrogens with zero attached hydrogens (tertiary/aromatic N) is 4. The zero-order chi connectivity index (χ0) is 37.9. The van der Waals surface area contributed by atoms with E-state index in [0.717, 1.165) is 76.1 Å². The fourth-order valence-corrected chi connectivity index (χ4v) is 10.6. The molecule has 5 fully saturated rings. The third-order valence-corrected chi connectivity index (χ3v) is 12.9. The van der Waals surface area contributed by atoms with Crippen LogP contribution < -0.4 is 31.3 Å². The highest BCUT2D eigenvalue weighted by molar-refractivity contribution is 6.32. The van der Waals surface area contributed by atoms with Crippen LogP contribution in [0.1, 0.15) is 107 Å². The number of nitrogens with one attached hydrogen (secondary N) is 2. The molecule has 0 amide bonds. The third-order valence-electron chi connectivity index (χ3n) is 12.6. The van der Waals surface area contributed by atoms with E-state index in [0.29, 0.717) is 64.7 Å². The van der Waals surface area contributed by atoms with Gasteiger partial charge < -0.3 is 45.4 Å². The Balaban J connectivity index is 1.23. The number of fused-ring (bicyclic) bond motifs is 2. The van der Waals surface area contributed by atoms with E-state index in [1.54, 1.807) is 13.0 Å². The van der Waals surface area contributed by atoms with Crippen LogP contribution in [0.4, 0.5) is 15.9 Å². The largest absolute Gasteiger partial charge is 0.482 e. The summed E-state index contributed by atoms with van der Waals surface area (Å²) in [5.41, 5.74) is 7.14. The van der Waals surface area contributed by atoms with Crippen LogP contribution in [0.15, 0.2) is 6.07 Å². The van der Waals surface area contributed by atoms with Crippen LogP contribution in [0.25, 0.3) is 11.7 Å². The molecule has 1 aromatic heterocycles. The van der Waals surface area contributed by atoms with Crippen molar-refractivity contribution in [1.29, 1.82) is 5.41 Å². The standard InChI is InChI=1S/C40H55ClFN7O5/c1-22-15-25(16-23(2)54-22)49-12-6-11-40(10-5-7-29(40)49)21-53-38-46-35-32(36(47-38)48-13-14-52-20-39(3,50)19-48)37(51-4)45-34(33(35)42)31-26(18-43)28(44)17-27(41)30(31)24-8-9-24/h17-18,22-25,29,34,43,45,50H,5-16,19-21,44H2,1-4H3/t22-,23+,25?,29-,34?,39+,40-/m1/s1. The van der Waals surface area contributed by atoms with Crippen molar-refractivity contribution in [2.24, 2.45) is 5.41 Å². The lowest BCUT2D eigenvalue weighted by Gasteiger charge is -2.51. The number of rotatable bonds is 9. The Morgan fingerprint density at radius 2 is 1.91 bits per heavy atom. The second-order valence-corrected chi connectivity index (χ2v) is 17.3. The maximum absolute atomic E-state index is 17.5. The zero-order valence-electron chi connectivity index (χ0n) is 31.9. The molecule has 5 N–H and O–H groups in total. The number of benzene rings is 1. The number of nitrogens with two attached hydrogens (primary N) is 1. The number of aromatic nitrogens is 2. The zero-order valence-corrected chi connectivity index (χ0v) is 32.7. The third kappa shape index (κ3) is 6.93. The molecule has 0 radical (unpaired) electrons. The lowest BCUT2D eigenvalue weighted by atomic mass is 9.74. The van der Waals surface area contributed by atoms with Gasteiger partial charge in [0, 0.05) is 46.5 Å². The van der Waals surface area contributed by atoms with Crippen molar-refractivity contribution in [3.05, 3.63) is 38.3 Å². The van der Waals surface area contributed by atoms with Crippen LogP contribution >= 0.6 is 11.6 Å². The molecule has 2 aliphatic carbocycles. The number of ether oxygens (including phenoxy) is 4. The molecule has 4 aliphatic heterocycles. The molecule has 3 saturated heterocycles. The maximum Gasteiger partial charge on any atom is 0.319 e. The second kappa shape index (κ2) is 14.7. The van der Waals surface area contributed by atoms with E-state index in [1.165, 1.54) is 7.11 Å². The van der Waals surface area contributed by atoms with E-state index in [-0.39, 0.29) is 53.9 Å². The molecule has 0 bridgehead atoms. The number of likely N-dealkylation sites (tertiary alicyclic amines) is 1. The Morgan fingerprint density at radius 1 is 1.15 bits per heavy atom. The number of piperidine rings is 1. The lowest BCUT2D eigenvalue weighted by molar-refractivity contribution is -0.0968. The van der Waals surface area contributed by atoms with Crippen LogP contribution in [0, 0.1) is 10.8 Å². The molecule has 5 heterocycles. The van der Waals surface area contributed by atoms with Gasteiger partial charge in [0.05, 0.1) is 45.7 Å². The quantitative estimate of drug-likeness (QED) is 0.214. The SMILES string of the molecule is COC1=c2c(N3CCOC[C@@](C)(O)C3)nc(OC[C@]34CCC[C@H]3N(C3C[C@@H](C)O[C@@H](C)C3)CCC4)nc2=C(F)C(c2c(C=N)c(N)cc(Cl)c2C2CC2)N1. The molecule has 2 saturated carbocycles. The summed E-state index contributed by atoms with van der Waals surface area (Å²) < 4.78 is 42.1. The maximum atomic E-state index is 17.5. The molecule has 14 heteroatoms. The first-order chi connectivity index (χ1) is 25.9. The van der Waals surface area contributed by atoms with Crippen molar-refractivity contribution < 1.29 is 28.4 Å². The first kappa shape index (κ1) is 37.7. The van der Waals surface area contributed by atoms with Crippen molar-refractivity contribution in [1.82, 2.24) is 20.2 Å². The summed E-state index contributed by atoms with van der Waals surface area (Å²) in [6, 6.07) is 1.49. The molecule has 12 nitrogen and oxygen atoms in total. The van der Waals surface area contributed by atoms with Gasteiger partial charge in [-0.25, -0.2) is 4.39 Å². The van der Waals surface area contributed by atoms with Gasteiger partial charge in [0.15, 0.2) is 5.83 Å². The number of β-amino-alcohol motifs (C(OH)–C–C–N with tert-alkyl or cyclic N) is 1. The van der Waals surface area contributed by atoms with Crippen molar-refractivity contribution in [3.8, 4) is 6.01 Å². The summed E-state index contributed by atoms with van der Waals surface area (Å²) in [7, 11) is 1.52. The van der Waals surface area contributed by atoms with Crippen molar-refractivity contribution in [2.75, 3.05) is 57.2 Å². The van der Waals surface area contributed by atoms with Crippen LogP contribution in [0.5, 0.6) is 6.01 Å². The minimum Gasteiger partial charge on any atom is -0.482 e. The number of nitrogen functional groups attached to an aromatic ring is 1. The van der Waals surface area contributed by atoms with Gasteiger partial charge in [-0.2, -0.15) is 9.97 Å². The van der Waals surface area contributed by atoms with Crippen molar-refractivity contribution >= 4 is 41.0 Å². The van der Waals surface area contributed by atoms with Crippen LogP contribution in [0.2, 0.25) is 5.02 Å². The van der Waals surface area contributed by atoms with E-state index in [4.69, 9.17) is 51.7 Å². The monoisotopic (exact) mass is 767 g/mol. The summed E-state index contributed by atoms with van der Waals surface area (Å²) in [6.07, 6.45) is 10.9. The molecular weight excluding hydrogens is 713 g/mol. The Bertz CT molecular complexity index is 1900. The lowest BCUT2D eigenvalue weighted by Crippen LogP contribution is -2.57. The highest BCUT2D eigenvalue weighted by atomic mass is 35.5. The minimum atomic E-state index is -1.19. The Hall–Kier alpha value is -3.23. The van der Waals surface area contributed by atoms with Crippen LogP contribution in [0.3, 0.4) is 0 Å². The van der Waals surface area contributed by atoms with Gasteiger partial charge in [0.25, 0.3) is 0 Å². The molecule has 6 aliphatic rings. The van der Waals surface area contributed by atoms with E-state index in [2.05, 4.69) is 24.1 Å². The topological polar surface area (TPSA) is 151 Å². The van der Waals surface area contributed by atoms with Gasteiger partial charge in [-0.1, -0.05) is 18.0 Å². The van der Waals surface area contributed by atoms with Gasteiger partial charge in [-0.3, -0.25) is 4.90 Å². The van der Waals surface area contributed by atoms with Crippen LogP contribution in [-0.2, 0) is 14.2 Å². The van der Waals surface area contributed by atoms with E-state index >= 15 is 4.39 Å². The summed E-state index contributed by atoms with van der Waals surface area (Å²) in [4.78, 5) is 14.5. The summed E-state index contributed by atoms with van der Waals surface area (Å²) in [5.74, 6) is 0.202. The van der Waals surface area contributed by atoms with E-state index in [1.807, 2.05) is 4.90 Å². The summed E-state index contributed by atoms with van der Waals surface area (Å²) >= 11 is 6.81. The normalized spacial score (nSPS) is 33.1. The predicted molar refractivity (Wildman–Crippen MR) is 206 cm³/mol. The molecule has 2 aromatic rings. The molecule has 294 valence electrons. The Labute approximate surface area is 321 Å². The molecule has 1 aromatic carbocycles. The number of anilines is 2. The Kier molecular flexibility index (Phi) is 10.3. The highest BCUT2D eigenvalue weighted by Gasteiger charge is 2.51. The number of hydrogen-bond acceptors (Lipinski definition) is 12. The van der Waals surface area contributed by atoms with E-state index in [9.17, 15) is 5.11 Å². The molecule has 7 atom stereocenters. The number of halogens is 2. The van der Waals surface area contributed by atoms with E-state index < -0.39 is 17.5 Å². The number of aliphatic hydroxyl groups is 1. The fourth-order valence-electron chi connectivity index (χ4n) is 10.3. The number of hydrogen-bond donors (Lipinski definition) is 4. The van der Waals surface area contributed by atoms with Gasteiger partial charge in [-0.15, -0.1) is 0 Å². The first-order valence-corrected chi connectivity index (χ1v) is 20.1. The molecule has 0 spiro atoms. The van der Waals surface area contributed by atoms with Gasteiger partial charge in [0.2, 0.25) is 5.88 Å². The van der Waals surface area contributed by atoms with Gasteiger partial charge >= 0.3 is 6.01 Å². The van der Waals surface area contributed by atoms with Crippen molar-refractivity contribution in [2.45, 2.75) is 120 Å². The molecule has 2 unspecified atom stereocenters. The van der Waals surface area contributed by atoms with Crippen molar-refractivity contribution in [3.63, 3.8) is 0 Å². The predicted octanol–water partition coefficient (Wildman–Crippen LogP) is 4.28. The highest BCUT2D eigenvalue weighted by Crippen LogP contribution is 2.51. The average molecular weight is 768 g/mol. The summed E-state index contributed by atoms with van der Waals surface area (Å²) in [6.45, 7) is 8.66. The number of methoxy groups -OCH3 is 1. The second-order valence-electron chi connectivity index (χ2n) is 16.9. The minimum absolute atomic E-state index is 0.0348. The first-order valence-electron chi connectivity index (χ1n) is 19.8. The average Bonchev–Trinajstić information content (AvgIpc) is 3.91. The van der Waals surface area contributed by atoms with Gasteiger partial charge in [0.1, 0.15) is 28.0 Å².